The quantitative estimate of drug-likeness (QED) is 0.610. The van der Waals surface area contributed by atoms with Crippen LogP contribution in [0.15, 0.2) is 18.3 Å². The Morgan fingerprint density at radius 1 is 1.47 bits per heavy atom. The van der Waals surface area contributed by atoms with Crippen molar-refractivity contribution in [3.63, 3.8) is 0 Å². The molecular formula is C10H13N3O2. The van der Waals surface area contributed by atoms with Gasteiger partial charge >= 0.3 is 5.69 Å². The summed E-state index contributed by atoms with van der Waals surface area (Å²) < 4.78 is 0. The Bertz CT molecular complexity index is 361. The Labute approximate surface area is 87.7 Å². The molecule has 1 aliphatic carbocycles. The summed E-state index contributed by atoms with van der Waals surface area (Å²) in [5, 5.41) is 13.9. The summed E-state index contributed by atoms with van der Waals surface area (Å²) in [4.78, 5) is 14.3. The molecule has 2 rings (SSSR count). The molecule has 1 N–H and O–H groups in total. The van der Waals surface area contributed by atoms with Gasteiger partial charge in [-0.2, -0.15) is 0 Å². The van der Waals surface area contributed by atoms with Crippen LogP contribution in [0.1, 0.15) is 25.7 Å². The fourth-order valence-corrected chi connectivity index (χ4v) is 1.92. The van der Waals surface area contributed by atoms with Gasteiger partial charge in [-0.15, -0.1) is 0 Å². The zero-order valence-corrected chi connectivity index (χ0v) is 8.35. The first-order valence-electron chi connectivity index (χ1n) is 5.13. The van der Waals surface area contributed by atoms with Crippen molar-refractivity contribution in [2.75, 3.05) is 5.32 Å². The van der Waals surface area contributed by atoms with Gasteiger partial charge in [-0.05, 0) is 18.9 Å². The molecule has 1 heterocycles. The predicted molar refractivity (Wildman–Crippen MR) is 56.8 cm³/mol. The lowest BCUT2D eigenvalue weighted by atomic mass is 10.2. The molecule has 1 fully saturated rings. The lowest BCUT2D eigenvalue weighted by Crippen LogP contribution is -2.16. The maximum atomic E-state index is 10.7. The zero-order chi connectivity index (χ0) is 10.7. The first kappa shape index (κ1) is 9.89. The van der Waals surface area contributed by atoms with Gasteiger partial charge in [-0.3, -0.25) is 10.1 Å². The van der Waals surface area contributed by atoms with Gasteiger partial charge in [0.05, 0.1) is 4.92 Å². The van der Waals surface area contributed by atoms with Crippen LogP contribution >= 0.6 is 0 Å². The SMILES string of the molecule is O=[N+]([O-])c1cccnc1NC1CCCC1. The minimum atomic E-state index is -0.399. The first-order valence-corrected chi connectivity index (χ1v) is 5.13. The minimum absolute atomic E-state index is 0.0596. The average Bonchev–Trinajstić information content (AvgIpc) is 2.71. The number of aromatic nitrogens is 1. The fourth-order valence-electron chi connectivity index (χ4n) is 1.92. The van der Waals surface area contributed by atoms with Gasteiger partial charge in [0.2, 0.25) is 5.82 Å². The van der Waals surface area contributed by atoms with Crippen LogP contribution in [0.4, 0.5) is 11.5 Å². The summed E-state index contributed by atoms with van der Waals surface area (Å²) in [5.74, 6) is 0.398. The molecule has 0 aliphatic heterocycles. The highest BCUT2D eigenvalue weighted by atomic mass is 16.6. The van der Waals surface area contributed by atoms with Gasteiger partial charge in [0.1, 0.15) is 0 Å². The highest BCUT2D eigenvalue weighted by Crippen LogP contribution is 2.26. The van der Waals surface area contributed by atoms with Crippen molar-refractivity contribution >= 4 is 11.5 Å². The number of rotatable bonds is 3. The molecule has 0 radical (unpaired) electrons. The van der Waals surface area contributed by atoms with E-state index in [1.54, 1.807) is 12.3 Å². The van der Waals surface area contributed by atoms with Crippen LogP contribution < -0.4 is 5.32 Å². The third-order valence-corrected chi connectivity index (χ3v) is 2.68. The normalized spacial score (nSPS) is 16.5. The molecule has 0 bridgehead atoms. The standard InChI is InChI=1S/C10H13N3O2/c14-13(15)9-6-3-7-11-10(9)12-8-4-1-2-5-8/h3,6-8H,1-2,4-5H2,(H,11,12). The number of hydrogen-bond donors (Lipinski definition) is 1. The molecule has 0 spiro atoms. The van der Waals surface area contributed by atoms with Gasteiger partial charge < -0.3 is 5.32 Å². The van der Waals surface area contributed by atoms with Crippen LogP contribution in [0, 0.1) is 10.1 Å². The second kappa shape index (κ2) is 4.25. The summed E-state index contributed by atoms with van der Waals surface area (Å²) in [6, 6.07) is 3.40. The number of pyridine rings is 1. The van der Waals surface area contributed by atoms with E-state index in [-0.39, 0.29) is 5.69 Å². The molecule has 0 atom stereocenters. The third-order valence-electron chi connectivity index (χ3n) is 2.68. The van der Waals surface area contributed by atoms with Gasteiger partial charge in [0, 0.05) is 18.3 Å². The van der Waals surface area contributed by atoms with Crippen LogP contribution in [0.5, 0.6) is 0 Å². The lowest BCUT2D eigenvalue weighted by molar-refractivity contribution is -0.384. The molecule has 0 amide bonds. The minimum Gasteiger partial charge on any atom is -0.362 e. The lowest BCUT2D eigenvalue weighted by Gasteiger charge is -2.11. The van der Waals surface area contributed by atoms with E-state index in [9.17, 15) is 10.1 Å². The summed E-state index contributed by atoms with van der Waals surface area (Å²) in [6.07, 6.45) is 6.11. The Kier molecular flexibility index (Phi) is 2.80. The van der Waals surface area contributed by atoms with E-state index in [1.165, 1.54) is 18.9 Å². The number of nitro groups is 1. The van der Waals surface area contributed by atoms with Crippen molar-refractivity contribution < 1.29 is 4.92 Å². The van der Waals surface area contributed by atoms with Gasteiger partial charge in [-0.25, -0.2) is 4.98 Å². The van der Waals surface area contributed by atoms with Crippen LogP contribution in [-0.2, 0) is 0 Å². The molecule has 0 aromatic carbocycles. The topological polar surface area (TPSA) is 68.1 Å². The van der Waals surface area contributed by atoms with E-state index in [0.717, 1.165) is 12.8 Å². The van der Waals surface area contributed by atoms with Gasteiger partial charge in [0.15, 0.2) is 0 Å². The average molecular weight is 207 g/mol. The fraction of sp³-hybridized carbons (Fsp3) is 0.500. The van der Waals surface area contributed by atoms with E-state index in [2.05, 4.69) is 10.3 Å². The smallest absolute Gasteiger partial charge is 0.311 e. The molecule has 1 aromatic heterocycles. The van der Waals surface area contributed by atoms with Crippen molar-refractivity contribution in [2.45, 2.75) is 31.7 Å². The van der Waals surface area contributed by atoms with E-state index in [0.29, 0.717) is 11.9 Å². The number of nitrogens with one attached hydrogen (secondary N) is 1. The zero-order valence-electron chi connectivity index (χ0n) is 8.35. The number of nitrogens with zero attached hydrogens (tertiary/aromatic N) is 2. The van der Waals surface area contributed by atoms with Gasteiger partial charge in [-0.1, -0.05) is 12.8 Å². The maximum Gasteiger partial charge on any atom is 0.311 e. The highest BCUT2D eigenvalue weighted by molar-refractivity contribution is 5.55. The van der Waals surface area contributed by atoms with Crippen molar-refractivity contribution in [1.82, 2.24) is 4.98 Å². The second-order valence-corrected chi connectivity index (χ2v) is 3.75. The number of anilines is 1. The van der Waals surface area contributed by atoms with Crippen molar-refractivity contribution in [2.24, 2.45) is 0 Å². The van der Waals surface area contributed by atoms with E-state index in [4.69, 9.17) is 0 Å². The maximum absolute atomic E-state index is 10.7. The Hall–Kier alpha value is -1.65. The van der Waals surface area contributed by atoms with Crippen LogP contribution in [-0.4, -0.2) is 15.9 Å². The molecule has 5 heteroatoms. The van der Waals surface area contributed by atoms with Crippen LogP contribution in [0.25, 0.3) is 0 Å². The second-order valence-electron chi connectivity index (χ2n) is 3.75. The van der Waals surface area contributed by atoms with Crippen molar-refractivity contribution in [3.05, 3.63) is 28.4 Å². The van der Waals surface area contributed by atoms with E-state index < -0.39 is 4.92 Å². The number of hydrogen-bond acceptors (Lipinski definition) is 4. The van der Waals surface area contributed by atoms with Crippen molar-refractivity contribution in [3.8, 4) is 0 Å². The summed E-state index contributed by atoms with van der Waals surface area (Å²) >= 11 is 0. The molecule has 1 aliphatic rings. The molecular weight excluding hydrogens is 194 g/mol. The largest absolute Gasteiger partial charge is 0.362 e. The molecule has 1 saturated carbocycles. The van der Waals surface area contributed by atoms with Crippen molar-refractivity contribution in [1.29, 1.82) is 0 Å². The first-order chi connectivity index (χ1) is 7.27. The van der Waals surface area contributed by atoms with Gasteiger partial charge in [0.25, 0.3) is 0 Å². The van der Waals surface area contributed by atoms with Crippen LogP contribution in [0.3, 0.4) is 0 Å². The predicted octanol–water partition coefficient (Wildman–Crippen LogP) is 2.34. The molecule has 15 heavy (non-hydrogen) atoms. The molecule has 0 saturated heterocycles. The molecule has 1 aromatic rings. The van der Waals surface area contributed by atoms with E-state index in [1.807, 2.05) is 0 Å². The highest BCUT2D eigenvalue weighted by Gasteiger charge is 2.20. The summed E-state index contributed by atoms with van der Waals surface area (Å²) in [7, 11) is 0. The van der Waals surface area contributed by atoms with E-state index >= 15 is 0 Å². The molecule has 80 valence electrons. The summed E-state index contributed by atoms with van der Waals surface area (Å²) in [6.45, 7) is 0. The molecule has 0 unspecified atom stereocenters. The Morgan fingerprint density at radius 3 is 2.87 bits per heavy atom. The monoisotopic (exact) mass is 207 g/mol. The Balaban J connectivity index is 2.15. The molecule has 5 nitrogen and oxygen atoms in total. The Morgan fingerprint density at radius 2 is 2.20 bits per heavy atom. The summed E-state index contributed by atoms with van der Waals surface area (Å²) in [5.41, 5.74) is 0.0596. The van der Waals surface area contributed by atoms with Crippen LogP contribution in [0.2, 0.25) is 0 Å². The third kappa shape index (κ3) is 2.23.